The lowest BCUT2D eigenvalue weighted by atomic mass is 9.82. The molecular formula is C12H10Cl2N2. The average Bonchev–Trinajstić information content (AvgIpc) is 2.28. The molecule has 0 saturated heterocycles. The van der Waals surface area contributed by atoms with Gasteiger partial charge in [0.2, 0.25) is 0 Å². The summed E-state index contributed by atoms with van der Waals surface area (Å²) in [6.07, 6.45) is 0.710. The van der Waals surface area contributed by atoms with E-state index in [-0.39, 0.29) is 0 Å². The van der Waals surface area contributed by atoms with E-state index in [0.717, 1.165) is 5.56 Å². The summed E-state index contributed by atoms with van der Waals surface area (Å²) >= 11 is 11.5. The third-order valence-electron chi connectivity index (χ3n) is 2.34. The molecule has 0 bridgehead atoms. The summed E-state index contributed by atoms with van der Waals surface area (Å²) in [5.74, 6) is 0.293. The molecule has 0 aliphatic heterocycles. The Balaban J connectivity index is 2.93. The minimum atomic E-state index is -1.05. The molecule has 0 aliphatic carbocycles. The summed E-state index contributed by atoms with van der Waals surface area (Å²) in [4.78, 5) is 0. The first-order valence-electron chi connectivity index (χ1n) is 4.79. The van der Waals surface area contributed by atoms with E-state index in [2.05, 4.69) is 0 Å². The number of nitrogens with zero attached hydrogens (tertiary/aromatic N) is 2. The fraction of sp³-hybridized carbons (Fsp3) is 0.333. The standard InChI is InChI=1S/C12H10Cl2N2/c13-5-4-12(8-15,9-16)7-10-2-1-3-11(14)6-10/h1-3,6H,4-5,7H2. The van der Waals surface area contributed by atoms with Crippen LogP contribution in [-0.2, 0) is 6.42 Å². The first-order chi connectivity index (χ1) is 7.65. The van der Waals surface area contributed by atoms with Crippen LogP contribution in [0.5, 0.6) is 0 Å². The average molecular weight is 253 g/mol. The lowest BCUT2D eigenvalue weighted by Gasteiger charge is -2.17. The van der Waals surface area contributed by atoms with E-state index in [4.69, 9.17) is 33.7 Å². The zero-order valence-corrected chi connectivity index (χ0v) is 10.1. The van der Waals surface area contributed by atoms with Crippen molar-refractivity contribution in [2.45, 2.75) is 12.8 Å². The van der Waals surface area contributed by atoms with Crippen molar-refractivity contribution in [2.24, 2.45) is 5.41 Å². The van der Waals surface area contributed by atoms with E-state index in [1.807, 2.05) is 18.2 Å². The quantitative estimate of drug-likeness (QED) is 0.770. The maximum absolute atomic E-state index is 9.07. The highest BCUT2D eigenvalue weighted by molar-refractivity contribution is 6.30. The molecule has 1 aromatic carbocycles. The fourth-order valence-corrected chi connectivity index (χ4v) is 2.00. The minimum absolute atomic E-state index is 0.293. The third kappa shape index (κ3) is 3.14. The second-order valence-electron chi connectivity index (χ2n) is 3.55. The molecule has 0 spiro atoms. The SMILES string of the molecule is N#CC(C#N)(CCCl)Cc1cccc(Cl)c1. The Labute approximate surface area is 105 Å². The largest absolute Gasteiger partial charge is 0.197 e. The summed E-state index contributed by atoms with van der Waals surface area (Å²) in [5.41, 5.74) is -0.174. The zero-order chi connectivity index (χ0) is 12.0. The molecule has 0 fully saturated rings. The lowest BCUT2D eigenvalue weighted by molar-refractivity contribution is 0.502. The maximum Gasteiger partial charge on any atom is 0.148 e. The number of rotatable bonds is 4. The van der Waals surface area contributed by atoms with Crippen LogP contribution >= 0.6 is 23.2 Å². The second kappa shape index (κ2) is 5.75. The van der Waals surface area contributed by atoms with Crippen molar-refractivity contribution in [3.63, 3.8) is 0 Å². The van der Waals surface area contributed by atoms with E-state index in [1.165, 1.54) is 0 Å². The molecule has 4 heteroatoms. The molecule has 0 radical (unpaired) electrons. The summed E-state index contributed by atoms with van der Waals surface area (Å²) in [6.45, 7) is 0. The van der Waals surface area contributed by atoms with Gasteiger partial charge in [-0.15, -0.1) is 11.6 Å². The van der Waals surface area contributed by atoms with Crippen LogP contribution in [0.15, 0.2) is 24.3 Å². The van der Waals surface area contributed by atoms with Gasteiger partial charge in [-0.1, -0.05) is 23.7 Å². The molecule has 0 heterocycles. The third-order valence-corrected chi connectivity index (χ3v) is 2.77. The monoisotopic (exact) mass is 252 g/mol. The Kier molecular flexibility index (Phi) is 4.62. The number of hydrogen-bond acceptors (Lipinski definition) is 2. The normalized spacial score (nSPS) is 10.5. The Morgan fingerprint density at radius 1 is 1.25 bits per heavy atom. The van der Waals surface area contributed by atoms with Gasteiger partial charge in [0.15, 0.2) is 0 Å². The van der Waals surface area contributed by atoms with Crippen molar-refractivity contribution >= 4 is 23.2 Å². The van der Waals surface area contributed by atoms with Gasteiger partial charge in [0.25, 0.3) is 0 Å². The molecule has 0 saturated carbocycles. The predicted molar refractivity (Wildman–Crippen MR) is 64.2 cm³/mol. The molecule has 0 atom stereocenters. The van der Waals surface area contributed by atoms with E-state index in [0.29, 0.717) is 23.7 Å². The second-order valence-corrected chi connectivity index (χ2v) is 4.37. The van der Waals surface area contributed by atoms with Crippen LogP contribution in [0.1, 0.15) is 12.0 Å². The molecular weight excluding hydrogens is 243 g/mol. The highest BCUT2D eigenvalue weighted by Gasteiger charge is 2.29. The van der Waals surface area contributed by atoms with Crippen LogP contribution < -0.4 is 0 Å². The van der Waals surface area contributed by atoms with Gasteiger partial charge in [0.1, 0.15) is 5.41 Å². The Morgan fingerprint density at radius 3 is 2.44 bits per heavy atom. The summed E-state index contributed by atoms with van der Waals surface area (Å²) < 4.78 is 0. The molecule has 82 valence electrons. The van der Waals surface area contributed by atoms with Gasteiger partial charge in [-0.3, -0.25) is 0 Å². The molecule has 0 N–H and O–H groups in total. The van der Waals surface area contributed by atoms with Gasteiger partial charge in [0.05, 0.1) is 12.1 Å². The molecule has 2 nitrogen and oxygen atoms in total. The van der Waals surface area contributed by atoms with Crippen LogP contribution in [-0.4, -0.2) is 5.88 Å². The van der Waals surface area contributed by atoms with Crippen LogP contribution in [0.3, 0.4) is 0 Å². The van der Waals surface area contributed by atoms with E-state index < -0.39 is 5.41 Å². The van der Waals surface area contributed by atoms with Crippen LogP contribution in [0.4, 0.5) is 0 Å². The molecule has 0 aliphatic rings. The molecule has 1 aromatic rings. The minimum Gasteiger partial charge on any atom is -0.197 e. The topological polar surface area (TPSA) is 47.6 Å². The number of halogens is 2. The predicted octanol–water partition coefficient (Wildman–Crippen LogP) is 3.54. The van der Waals surface area contributed by atoms with Gasteiger partial charge < -0.3 is 0 Å². The number of hydrogen-bond donors (Lipinski definition) is 0. The first kappa shape index (κ1) is 12.8. The Bertz CT molecular complexity index is 429. The van der Waals surface area contributed by atoms with Gasteiger partial charge in [-0.05, 0) is 24.1 Å². The summed E-state index contributed by atoms with van der Waals surface area (Å²) in [5, 5.41) is 18.8. The number of nitriles is 2. The van der Waals surface area contributed by atoms with Crippen molar-refractivity contribution in [3.8, 4) is 12.1 Å². The van der Waals surface area contributed by atoms with Crippen molar-refractivity contribution in [1.29, 1.82) is 10.5 Å². The molecule has 0 aromatic heterocycles. The van der Waals surface area contributed by atoms with E-state index in [1.54, 1.807) is 18.2 Å². The van der Waals surface area contributed by atoms with Crippen molar-refractivity contribution in [1.82, 2.24) is 0 Å². The van der Waals surface area contributed by atoms with Crippen LogP contribution in [0.2, 0.25) is 5.02 Å². The van der Waals surface area contributed by atoms with Gasteiger partial charge in [-0.2, -0.15) is 10.5 Å². The number of benzene rings is 1. The lowest BCUT2D eigenvalue weighted by Crippen LogP contribution is -2.20. The first-order valence-corrected chi connectivity index (χ1v) is 5.70. The van der Waals surface area contributed by atoms with Crippen LogP contribution in [0, 0.1) is 28.1 Å². The van der Waals surface area contributed by atoms with Crippen LogP contribution in [0.25, 0.3) is 0 Å². The maximum atomic E-state index is 9.07. The highest BCUT2D eigenvalue weighted by atomic mass is 35.5. The van der Waals surface area contributed by atoms with Crippen molar-refractivity contribution in [2.75, 3.05) is 5.88 Å². The molecule has 0 amide bonds. The molecule has 16 heavy (non-hydrogen) atoms. The molecule has 1 rings (SSSR count). The van der Waals surface area contributed by atoms with Crippen molar-refractivity contribution in [3.05, 3.63) is 34.9 Å². The summed E-state index contributed by atoms with van der Waals surface area (Å²) in [7, 11) is 0. The van der Waals surface area contributed by atoms with E-state index >= 15 is 0 Å². The van der Waals surface area contributed by atoms with Crippen molar-refractivity contribution < 1.29 is 0 Å². The van der Waals surface area contributed by atoms with E-state index in [9.17, 15) is 0 Å². The van der Waals surface area contributed by atoms with Gasteiger partial charge >= 0.3 is 0 Å². The summed E-state index contributed by atoms with van der Waals surface area (Å²) in [6, 6.07) is 11.3. The Hall–Kier alpha value is -1.22. The fourth-order valence-electron chi connectivity index (χ4n) is 1.46. The molecule has 0 unspecified atom stereocenters. The number of alkyl halides is 1. The highest BCUT2D eigenvalue weighted by Crippen LogP contribution is 2.27. The Morgan fingerprint density at radius 2 is 1.94 bits per heavy atom. The van der Waals surface area contributed by atoms with Gasteiger partial charge in [0, 0.05) is 17.3 Å². The smallest absolute Gasteiger partial charge is 0.148 e. The van der Waals surface area contributed by atoms with Gasteiger partial charge in [-0.25, -0.2) is 0 Å². The zero-order valence-electron chi connectivity index (χ0n) is 8.58.